The number of carbonyl (C=O) groups is 2. The Morgan fingerprint density at radius 2 is 1.73 bits per heavy atom. The van der Waals surface area contributed by atoms with Crippen molar-refractivity contribution >= 4 is 64.9 Å². The number of ether oxygens (including phenoxy) is 2. The molecule has 0 unspecified atom stereocenters. The summed E-state index contributed by atoms with van der Waals surface area (Å²) < 4.78 is 10.8. The average molecular weight is 545 g/mol. The molecule has 1 aromatic heterocycles. The lowest BCUT2D eigenvalue weighted by molar-refractivity contribution is -0.107. The number of aromatic nitrogens is 2. The van der Waals surface area contributed by atoms with Gasteiger partial charge in [-0.25, -0.2) is 4.98 Å². The maximum atomic E-state index is 12.1. The Labute approximate surface area is 224 Å². The van der Waals surface area contributed by atoms with E-state index < -0.39 is 0 Å². The van der Waals surface area contributed by atoms with Gasteiger partial charge in [0, 0.05) is 37.5 Å². The van der Waals surface area contributed by atoms with Gasteiger partial charge in [-0.1, -0.05) is 35.3 Å². The SMILES string of the molecule is COc1cc(OC)c(Cl)c(N(C)Cc2cnc(Nc3ccccc3NC=O)nc2N(C=O)C2CC2)c1Cl. The van der Waals surface area contributed by atoms with Crippen molar-refractivity contribution in [3.05, 3.63) is 52.1 Å². The zero-order valence-electron chi connectivity index (χ0n) is 20.5. The summed E-state index contributed by atoms with van der Waals surface area (Å²) in [7, 11) is 4.83. The lowest BCUT2D eigenvalue weighted by Crippen LogP contribution is -2.28. The summed E-state index contributed by atoms with van der Waals surface area (Å²) >= 11 is 13.2. The van der Waals surface area contributed by atoms with Gasteiger partial charge in [0.2, 0.25) is 18.8 Å². The second-order valence-corrected chi connectivity index (χ2v) is 9.09. The van der Waals surface area contributed by atoms with Gasteiger partial charge < -0.3 is 25.0 Å². The molecule has 0 radical (unpaired) electrons. The van der Waals surface area contributed by atoms with Gasteiger partial charge in [0.1, 0.15) is 27.4 Å². The molecule has 37 heavy (non-hydrogen) atoms. The Morgan fingerprint density at radius 3 is 2.30 bits per heavy atom. The molecular weight excluding hydrogens is 519 g/mol. The number of carbonyl (C=O) groups excluding carboxylic acids is 2. The van der Waals surface area contributed by atoms with E-state index in [9.17, 15) is 9.59 Å². The summed E-state index contributed by atoms with van der Waals surface area (Å²) in [5.41, 5.74) is 2.36. The van der Waals surface area contributed by atoms with E-state index >= 15 is 0 Å². The summed E-state index contributed by atoms with van der Waals surface area (Å²) in [5, 5.41) is 6.41. The van der Waals surface area contributed by atoms with Crippen molar-refractivity contribution in [1.82, 2.24) is 9.97 Å². The predicted molar refractivity (Wildman–Crippen MR) is 145 cm³/mol. The number of halogens is 2. The molecule has 1 heterocycles. The van der Waals surface area contributed by atoms with Crippen LogP contribution >= 0.6 is 23.2 Å². The molecule has 0 saturated heterocycles. The van der Waals surface area contributed by atoms with Crippen molar-refractivity contribution in [3.8, 4) is 11.5 Å². The van der Waals surface area contributed by atoms with Gasteiger partial charge in [-0.3, -0.25) is 14.5 Å². The minimum absolute atomic E-state index is 0.0670. The Hall–Kier alpha value is -3.76. The summed E-state index contributed by atoms with van der Waals surface area (Å²) in [6.07, 6.45) is 4.80. The van der Waals surface area contributed by atoms with Gasteiger partial charge >= 0.3 is 0 Å². The van der Waals surface area contributed by atoms with E-state index in [1.165, 1.54) is 14.2 Å². The monoisotopic (exact) mass is 544 g/mol. The predicted octanol–water partition coefficient (Wildman–Crippen LogP) is 4.87. The molecule has 10 nitrogen and oxygen atoms in total. The van der Waals surface area contributed by atoms with E-state index in [0.29, 0.717) is 56.4 Å². The second-order valence-electron chi connectivity index (χ2n) is 8.33. The first-order chi connectivity index (χ1) is 17.9. The van der Waals surface area contributed by atoms with Gasteiger partial charge in [-0.05, 0) is 25.0 Å². The van der Waals surface area contributed by atoms with Gasteiger partial charge in [-0.15, -0.1) is 0 Å². The molecular formula is C25H26Cl2N6O4. The standard InChI is InChI=1S/C25H26Cl2N6O4/c1-32(23-21(26)19(36-2)10-20(37-3)22(23)27)12-15-11-28-25(31-24(15)33(14-35)16-8-9-16)30-18-7-5-4-6-17(18)29-13-34/h4-7,10-11,13-14,16H,8-9,12H2,1-3H3,(H,29,34)(H,28,30,31). The molecule has 0 atom stereocenters. The molecule has 0 aliphatic heterocycles. The van der Waals surface area contributed by atoms with Gasteiger partial charge in [0.05, 0.1) is 31.3 Å². The van der Waals surface area contributed by atoms with Crippen LogP contribution in [0.4, 0.5) is 28.8 Å². The lowest BCUT2D eigenvalue weighted by Gasteiger charge is -2.26. The minimum atomic E-state index is 0.0670. The van der Waals surface area contributed by atoms with E-state index in [1.807, 2.05) is 18.0 Å². The van der Waals surface area contributed by atoms with E-state index in [-0.39, 0.29) is 18.5 Å². The minimum Gasteiger partial charge on any atom is -0.495 e. The molecule has 1 aliphatic rings. The number of amides is 2. The van der Waals surface area contributed by atoms with E-state index in [0.717, 1.165) is 19.3 Å². The molecule has 2 N–H and O–H groups in total. The highest BCUT2D eigenvalue weighted by Gasteiger charge is 2.32. The first-order valence-electron chi connectivity index (χ1n) is 11.4. The van der Waals surface area contributed by atoms with Gasteiger partial charge in [-0.2, -0.15) is 4.98 Å². The fourth-order valence-electron chi connectivity index (χ4n) is 3.90. The molecule has 1 saturated carbocycles. The van der Waals surface area contributed by atoms with Crippen LogP contribution in [-0.2, 0) is 16.1 Å². The topological polar surface area (TPSA) is 109 Å². The Balaban J connectivity index is 1.71. The van der Waals surface area contributed by atoms with Crippen molar-refractivity contribution in [1.29, 1.82) is 0 Å². The zero-order valence-corrected chi connectivity index (χ0v) is 22.0. The number of nitrogens with one attached hydrogen (secondary N) is 2. The fourth-order valence-corrected chi connectivity index (χ4v) is 4.69. The zero-order chi connectivity index (χ0) is 26.5. The number of rotatable bonds is 12. The van der Waals surface area contributed by atoms with Crippen LogP contribution in [0.2, 0.25) is 10.0 Å². The van der Waals surface area contributed by atoms with E-state index in [1.54, 1.807) is 35.4 Å². The van der Waals surface area contributed by atoms with Crippen LogP contribution in [0.5, 0.6) is 11.5 Å². The molecule has 194 valence electrons. The van der Waals surface area contributed by atoms with Crippen LogP contribution in [0.3, 0.4) is 0 Å². The van der Waals surface area contributed by atoms with Crippen LogP contribution in [0.15, 0.2) is 36.5 Å². The first-order valence-corrected chi connectivity index (χ1v) is 12.1. The lowest BCUT2D eigenvalue weighted by atomic mass is 10.2. The maximum absolute atomic E-state index is 12.1. The molecule has 0 bridgehead atoms. The average Bonchev–Trinajstić information content (AvgIpc) is 3.73. The number of anilines is 5. The normalized spacial score (nSPS) is 12.5. The summed E-state index contributed by atoms with van der Waals surface area (Å²) in [4.78, 5) is 35.6. The van der Waals surface area contributed by atoms with E-state index in [2.05, 4.69) is 20.6 Å². The van der Waals surface area contributed by atoms with Crippen molar-refractivity contribution in [2.24, 2.45) is 0 Å². The third-order valence-corrected chi connectivity index (χ3v) is 6.60. The van der Waals surface area contributed by atoms with Gasteiger partial charge in [0.25, 0.3) is 0 Å². The first kappa shape index (κ1) is 26.3. The second kappa shape index (κ2) is 11.5. The highest BCUT2D eigenvalue weighted by Crippen LogP contribution is 2.46. The quantitative estimate of drug-likeness (QED) is 0.310. The number of nitrogens with zero attached hydrogens (tertiary/aromatic N) is 4. The van der Waals surface area contributed by atoms with Crippen molar-refractivity contribution < 1.29 is 19.1 Å². The third-order valence-electron chi connectivity index (χ3n) is 5.87. The smallest absolute Gasteiger partial charge is 0.229 e. The fraction of sp³-hybridized carbons (Fsp3) is 0.280. The number of methoxy groups -OCH3 is 2. The van der Waals surface area contributed by atoms with Crippen LogP contribution in [0, 0.1) is 0 Å². The van der Waals surface area contributed by atoms with Crippen LogP contribution in [0.25, 0.3) is 0 Å². The number of benzene rings is 2. The van der Waals surface area contributed by atoms with Gasteiger partial charge in [0.15, 0.2) is 0 Å². The largest absolute Gasteiger partial charge is 0.495 e. The third kappa shape index (κ3) is 5.65. The Kier molecular flexibility index (Phi) is 8.20. The van der Waals surface area contributed by atoms with Crippen molar-refractivity contribution in [2.45, 2.75) is 25.4 Å². The Morgan fingerprint density at radius 1 is 1.08 bits per heavy atom. The summed E-state index contributed by atoms with van der Waals surface area (Å²) in [6, 6.07) is 8.84. The molecule has 3 aromatic rings. The Bertz CT molecular complexity index is 1280. The highest BCUT2D eigenvalue weighted by molar-refractivity contribution is 6.41. The molecule has 12 heteroatoms. The number of hydrogen-bond acceptors (Lipinski definition) is 8. The molecule has 2 aromatic carbocycles. The molecule has 2 amide bonds. The molecule has 4 rings (SSSR count). The van der Waals surface area contributed by atoms with Crippen LogP contribution in [0.1, 0.15) is 18.4 Å². The molecule has 1 aliphatic carbocycles. The maximum Gasteiger partial charge on any atom is 0.229 e. The summed E-state index contributed by atoms with van der Waals surface area (Å²) in [5.74, 6) is 1.56. The highest BCUT2D eigenvalue weighted by atomic mass is 35.5. The van der Waals surface area contributed by atoms with Crippen LogP contribution in [-0.4, -0.2) is 50.1 Å². The van der Waals surface area contributed by atoms with Crippen molar-refractivity contribution in [3.63, 3.8) is 0 Å². The summed E-state index contributed by atoms with van der Waals surface area (Å²) in [6.45, 7) is 0.283. The number of para-hydroxylation sites is 2. The molecule has 1 fully saturated rings. The van der Waals surface area contributed by atoms with E-state index in [4.69, 9.17) is 32.7 Å². The van der Waals surface area contributed by atoms with Crippen molar-refractivity contribution in [2.75, 3.05) is 41.7 Å². The van der Waals surface area contributed by atoms with Crippen LogP contribution < -0.4 is 29.9 Å². The molecule has 0 spiro atoms. The number of hydrogen-bond donors (Lipinski definition) is 2.